The number of benzene rings is 2. The number of aromatic nitrogens is 2. The fraction of sp³-hybridized carbons (Fsp3) is 0.0526. The first kappa shape index (κ1) is 19.1. The third-order valence-electron chi connectivity index (χ3n) is 3.24. The Morgan fingerprint density at radius 2 is 1.96 bits per heavy atom. The Labute approximate surface area is 169 Å². The average Bonchev–Trinajstić information content (AvgIpc) is 2.67. The van der Waals surface area contributed by atoms with E-state index in [1.165, 1.54) is 18.3 Å². The van der Waals surface area contributed by atoms with Gasteiger partial charge in [0.15, 0.2) is 6.40 Å². The highest BCUT2D eigenvalue weighted by molar-refractivity contribution is 9.10. The van der Waals surface area contributed by atoms with Crippen LogP contribution < -0.4 is 9.47 Å². The summed E-state index contributed by atoms with van der Waals surface area (Å²) in [6.07, 6.45) is 3.01. The summed E-state index contributed by atoms with van der Waals surface area (Å²) in [5.74, 6) is 1.41. The van der Waals surface area contributed by atoms with E-state index in [9.17, 15) is 0 Å². The van der Waals surface area contributed by atoms with Gasteiger partial charge < -0.3 is 9.47 Å². The molecule has 0 unspecified atom stereocenters. The lowest BCUT2D eigenvalue weighted by atomic mass is 10.2. The lowest BCUT2D eigenvalue weighted by Crippen LogP contribution is -1.93. The normalized spacial score (nSPS) is 11.2. The molecule has 2 aromatic carbocycles. The molecule has 0 N–H and O–H groups in total. The maximum Gasteiger partial charge on any atom is 0.322 e. The molecule has 0 saturated heterocycles. The third-order valence-corrected chi connectivity index (χ3v) is 4.09. The number of para-hydroxylation sites is 1. The molecule has 1 aromatic heterocycles. The van der Waals surface area contributed by atoms with Crippen LogP contribution in [-0.2, 0) is 0 Å². The van der Waals surface area contributed by atoms with Gasteiger partial charge in [0.25, 0.3) is 0 Å². The van der Waals surface area contributed by atoms with Crippen LogP contribution in [0.1, 0.15) is 5.56 Å². The van der Waals surface area contributed by atoms with Crippen LogP contribution in [0.15, 0.2) is 74.8 Å². The molecule has 0 saturated carbocycles. The fourth-order valence-corrected chi connectivity index (χ4v) is 2.60. The van der Waals surface area contributed by atoms with E-state index in [4.69, 9.17) is 9.47 Å². The molecular weight excluding hydrogens is 428 g/mol. The predicted molar refractivity (Wildman–Crippen MR) is 112 cm³/mol. The summed E-state index contributed by atoms with van der Waals surface area (Å²) in [4.78, 5) is 12.6. The quantitative estimate of drug-likeness (QED) is 0.201. The Morgan fingerprint density at radius 3 is 2.74 bits per heavy atom. The van der Waals surface area contributed by atoms with Crippen LogP contribution in [0.5, 0.6) is 17.5 Å². The van der Waals surface area contributed by atoms with E-state index in [0.717, 1.165) is 17.0 Å². The maximum absolute atomic E-state index is 5.70. The van der Waals surface area contributed by atoms with Crippen molar-refractivity contribution in [1.29, 1.82) is 0 Å². The molecule has 3 rings (SSSR count). The highest BCUT2D eigenvalue weighted by atomic mass is 79.9. The zero-order chi connectivity index (χ0) is 18.9. The first-order valence-corrected chi connectivity index (χ1v) is 9.52. The number of aliphatic imine (C=N–C) groups is 1. The van der Waals surface area contributed by atoms with Gasteiger partial charge in [-0.15, -0.1) is 0 Å². The molecule has 1 heterocycles. The predicted octanol–water partition coefficient (Wildman–Crippen LogP) is 5.76. The summed E-state index contributed by atoms with van der Waals surface area (Å²) in [7, 11) is 0. The molecule has 0 amide bonds. The Bertz CT molecular complexity index is 951. The molecule has 0 aliphatic rings. The highest BCUT2D eigenvalue weighted by Crippen LogP contribution is 2.27. The zero-order valence-corrected chi connectivity index (χ0v) is 16.7. The second-order valence-corrected chi connectivity index (χ2v) is 6.64. The van der Waals surface area contributed by atoms with Crippen LogP contribution in [0.3, 0.4) is 0 Å². The van der Waals surface area contributed by atoms with Crippen molar-refractivity contribution in [2.24, 2.45) is 9.39 Å². The molecule has 0 fully saturated rings. The van der Waals surface area contributed by atoms with Gasteiger partial charge in [-0.2, -0.15) is 9.38 Å². The molecule has 0 bridgehead atoms. The number of hydrogen-bond donors (Lipinski definition) is 0. The molecule has 0 spiro atoms. The summed E-state index contributed by atoms with van der Waals surface area (Å²) >= 11 is 4.47. The third kappa shape index (κ3) is 6.19. The average molecular weight is 443 g/mol. The van der Waals surface area contributed by atoms with Crippen LogP contribution in [0.25, 0.3) is 0 Å². The summed E-state index contributed by atoms with van der Waals surface area (Å²) in [5.41, 5.74) is 3.35. The van der Waals surface area contributed by atoms with E-state index in [0.29, 0.717) is 10.4 Å². The van der Waals surface area contributed by atoms with Crippen molar-refractivity contribution >= 4 is 45.5 Å². The molecule has 0 aliphatic heterocycles. The summed E-state index contributed by atoms with van der Waals surface area (Å²) < 4.78 is 15.8. The molecule has 0 aliphatic carbocycles. The van der Waals surface area contributed by atoms with E-state index in [-0.39, 0.29) is 6.01 Å². The van der Waals surface area contributed by atoms with Gasteiger partial charge in [-0.05, 0) is 64.8 Å². The second kappa shape index (κ2) is 9.84. The fourth-order valence-electron chi connectivity index (χ4n) is 2.01. The van der Waals surface area contributed by atoms with E-state index in [1.807, 2.05) is 55.5 Å². The smallest absolute Gasteiger partial charge is 0.322 e. The van der Waals surface area contributed by atoms with Crippen molar-refractivity contribution in [3.05, 3.63) is 71.0 Å². The van der Waals surface area contributed by atoms with E-state index >= 15 is 0 Å². The van der Waals surface area contributed by atoms with Gasteiger partial charge >= 0.3 is 6.01 Å². The molecule has 0 atom stereocenters. The van der Waals surface area contributed by atoms with Crippen molar-refractivity contribution in [3.8, 4) is 17.5 Å². The molecular formula is C19H15BrN4O2S. The van der Waals surface area contributed by atoms with Gasteiger partial charge in [-0.1, -0.05) is 18.2 Å². The van der Waals surface area contributed by atoms with Crippen molar-refractivity contribution in [3.63, 3.8) is 0 Å². The Balaban J connectivity index is 1.53. The maximum atomic E-state index is 5.70. The molecule has 27 heavy (non-hydrogen) atoms. The highest BCUT2D eigenvalue weighted by Gasteiger charge is 2.05. The van der Waals surface area contributed by atoms with Crippen LogP contribution in [-0.4, -0.2) is 21.9 Å². The number of aryl methyl sites for hydroxylation is 1. The first-order chi connectivity index (χ1) is 13.2. The number of hydrogen-bond acceptors (Lipinski definition) is 7. The molecule has 136 valence electrons. The first-order valence-electron chi connectivity index (χ1n) is 7.90. The minimum absolute atomic E-state index is 0.284. The van der Waals surface area contributed by atoms with Crippen molar-refractivity contribution in [2.45, 2.75) is 6.92 Å². The minimum atomic E-state index is 0.284. The van der Waals surface area contributed by atoms with Gasteiger partial charge in [0, 0.05) is 18.1 Å². The molecule has 0 radical (unpaired) electrons. The molecule has 3 aromatic rings. The SMILES string of the molecule is Cc1cc(/N=C/S/N=C/Oc2ccccc2)ccc1Oc1nccc(Br)n1. The zero-order valence-electron chi connectivity index (χ0n) is 14.3. The van der Waals surface area contributed by atoms with Crippen molar-refractivity contribution in [2.75, 3.05) is 0 Å². The topological polar surface area (TPSA) is 69.0 Å². The van der Waals surface area contributed by atoms with Crippen LogP contribution in [0, 0.1) is 6.92 Å². The second-order valence-electron chi connectivity index (χ2n) is 5.20. The number of rotatable bonds is 7. The van der Waals surface area contributed by atoms with Crippen LogP contribution in [0.2, 0.25) is 0 Å². The minimum Gasteiger partial charge on any atom is -0.445 e. The Hall–Kier alpha value is -2.71. The largest absolute Gasteiger partial charge is 0.445 e. The lowest BCUT2D eigenvalue weighted by molar-refractivity contribution is 0.437. The Morgan fingerprint density at radius 1 is 1.11 bits per heavy atom. The van der Waals surface area contributed by atoms with E-state index < -0.39 is 0 Å². The van der Waals surface area contributed by atoms with Gasteiger partial charge in [-0.3, -0.25) is 0 Å². The van der Waals surface area contributed by atoms with E-state index in [2.05, 4.69) is 35.3 Å². The van der Waals surface area contributed by atoms with Gasteiger partial charge in [0.2, 0.25) is 0 Å². The van der Waals surface area contributed by atoms with Crippen molar-refractivity contribution in [1.82, 2.24) is 9.97 Å². The molecule has 8 heteroatoms. The van der Waals surface area contributed by atoms with Crippen LogP contribution >= 0.6 is 27.9 Å². The Kier molecular flexibility index (Phi) is 6.95. The summed E-state index contributed by atoms with van der Waals surface area (Å²) in [5, 5.41) is 0. The summed E-state index contributed by atoms with van der Waals surface area (Å²) in [6.45, 7) is 1.94. The number of nitrogens with zero attached hydrogens (tertiary/aromatic N) is 4. The van der Waals surface area contributed by atoms with Crippen LogP contribution in [0.4, 0.5) is 5.69 Å². The summed E-state index contributed by atoms with van der Waals surface area (Å²) in [6, 6.07) is 17.1. The monoisotopic (exact) mass is 442 g/mol. The van der Waals surface area contributed by atoms with E-state index in [1.54, 1.807) is 17.8 Å². The molecule has 6 nitrogen and oxygen atoms in total. The van der Waals surface area contributed by atoms with Crippen molar-refractivity contribution < 1.29 is 9.47 Å². The number of ether oxygens (including phenoxy) is 2. The van der Waals surface area contributed by atoms with Gasteiger partial charge in [-0.25, -0.2) is 9.98 Å². The van der Waals surface area contributed by atoms with Gasteiger partial charge in [0.1, 0.15) is 16.1 Å². The van der Waals surface area contributed by atoms with Gasteiger partial charge in [0.05, 0.1) is 11.2 Å². The number of halogens is 1. The standard InChI is InChI=1S/C19H15BrN4O2S/c1-14-11-15(7-8-17(14)26-19-21-10-9-18(20)24-19)22-13-27-23-12-25-16-5-3-2-4-6-16/h2-13H,1H3/b22-13+,23-12+. The lowest BCUT2D eigenvalue weighted by Gasteiger charge is -2.07.